The number of rotatable bonds is 3. The van der Waals surface area contributed by atoms with Crippen molar-refractivity contribution in [1.82, 2.24) is 4.90 Å². The summed E-state index contributed by atoms with van der Waals surface area (Å²) in [4.78, 5) is 16.0. The van der Waals surface area contributed by atoms with Gasteiger partial charge in [0.25, 0.3) is 0 Å². The maximum Gasteiger partial charge on any atom is 0.182 e. The van der Waals surface area contributed by atoms with Gasteiger partial charge in [-0.1, -0.05) is 48.2 Å². The summed E-state index contributed by atoms with van der Waals surface area (Å²) in [6, 6.07) is 7.82. The molecule has 1 aromatic rings. The summed E-state index contributed by atoms with van der Waals surface area (Å²) in [5.41, 5.74) is 3.31. The standard InChI is InChI=1S/C17H19NOS/c1-12-7-9-14(10-8-12)16(19)11-18-13(2)20-17-6-4-3-5-15(17)18/h7-10H,2-6,11H2,1H3. The number of Topliss-reactive ketones (excluding diaryl/α,β-unsaturated/α-hetero) is 1. The average Bonchev–Trinajstić information content (AvgIpc) is 2.76. The fourth-order valence-electron chi connectivity index (χ4n) is 2.76. The second-order valence-electron chi connectivity index (χ2n) is 5.45. The molecule has 0 fully saturated rings. The molecule has 0 spiro atoms. The van der Waals surface area contributed by atoms with Crippen molar-refractivity contribution in [2.24, 2.45) is 0 Å². The van der Waals surface area contributed by atoms with Crippen molar-refractivity contribution in [2.45, 2.75) is 32.6 Å². The first-order valence-corrected chi connectivity index (χ1v) is 7.93. The highest BCUT2D eigenvalue weighted by Gasteiger charge is 2.29. The molecule has 20 heavy (non-hydrogen) atoms. The van der Waals surface area contributed by atoms with Gasteiger partial charge in [-0.05, 0) is 32.6 Å². The number of ketones is 1. The second-order valence-corrected chi connectivity index (χ2v) is 6.62. The van der Waals surface area contributed by atoms with E-state index in [1.54, 1.807) is 11.8 Å². The van der Waals surface area contributed by atoms with E-state index >= 15 is 0 Å². The number of nitrogens with zero attached hydrogens (tertiary/aromatic N) is 1. The van der Waals surface area contributed by atoms with Crippen LogP contribution in [0.4, 0.5) is 0 Å². The number of carbonyl (C=O) groups is 1. The van der Waals surface area contributed by atoms with E-state index in [4.69, 9.17) is 0 Å². The van der Waals surface area contributed by atoms with Crippen molar-refractivity contribution in [1.29, 1.82) is 0 Å². The van der Waals surface area contributed by atoms with E-state index in [-0.39, 0.29) is 5.78 Å². The maximum atomic E-state index is 12.4. The van der Waals surface area contributed by atoms with Gasteiger partial charge in [0.2, 0.25) is 0 Å². The number of thioether (sulfide) groups is 1. The van der Waals surface area contributed by atoms with Crippen LogP contribution >= 0.6 is 11.8 Å². The fourth-order valence-corrected chi connectivity index (χ4v) is 3.91. The Morgan fingerprint density at radius 2 is 1.95 bits per heavy atom. The Balaban J connectivity index is 1.77. The largest absolute Gasteiger partial charge is 0.332 e. The summed E-state index contributed by atoms with van der Waals surface area (Å²) < 4.78 is 0. The highest BCUT2D eigenvalue weighted by molar-refractivity contribution is 8.06. The molecule has 3 heteroatoms. The Hall–Kier alpha value is -1.48. The molecule has 104 valence electrons. The van der Waals surface area contributed by atoms with Crippen LogP contribution in [0.1, 0.15) is 41.6 Å². The smallest absolute Gasteiger partial charge is 0.182 e. The van der Waals surface area contributed by atoms with Gasteiger partial charge in [-0.3, -0.25) is 4.79 Å². The monoisotopic (exact) mass is 285 g/mol. The van der Waals surface area contributed by atoms with Crippen molar-refractivity contribution in [2.75, 3.05) is 6.54 Å². The zero-order chi connectivity index (χ0) is 14.1. The number of hydrogen-bond donors (Lipinski definition) is 0. The summed E-state index contributed by atoms with van der Waals surface area (Å²) in [5.74, 6) is 0.172. The van der Waals surface area contributed by atoms with Crippen LogP contribution in [-0.4, -0.2) is 17.2 Å². The zero-order valence-electron chi connectivity index (χ0n) is 11.8. The normalized spacial score (nSPS) is 18.4. The Morgan fingerprint density at radius 3 is 2.70 bits per heavy atom. The van der Waals surface area contributed by atoms with E-state index in [1.165, 1.54) is 29.0 Å². The molecular weight excluding hydrogens is 266 g/mol. The van der Waals surface area contributed by atoms with Crippen LogP contribution in [0.2, 0.25) is 0 Å². The highest BCUT2D eigenvalue weighted by Crippen LogP contribution is 2.46. The van der Waals surface area contributed by atoms with Gasteiger partial charge in [0.05, 0.1) is 11.6 Å². The van der Waals surface area contributed by atoms with Crippen molar-refractivity contribution >= 4 is 17.5 Å². The lowest BCUT2D eigenvalue weighted by molar-refractivity contribution is 0.0964. The molecule has 1 aliphatic carbocycles. The summed E-state index contributed by atoms with van der Waals surface area (Å²) in [5, 5.41) is 1.01. The molecule has 0 unspecified atom stereocenters. The van der Waals surface area contributed by atoms with Gasteiger partial charge in [-0.2, -0.15) is 0 Å². The molecule has 0 aromatic heterocycles. The van der Waals surface area contributed by atoms with E-state index in [1.807, 2.05) is 31.2 Å². The van der Waals surface area contributed by atoms with Gasteiger partial charge in [0.1, 0.15) is 0 Å². The summed E-state index contributed by atoms with van der Waals surface area (Å²) in [6.45, 7) is 6.57. The van der Waals surface area contributed by atoms with Crippen LogP contribution in [0.3, 0.4) is 0 Å². The SMILES string of the molecule is C=C1SC2=C(CCCC2)N1CC(=O)c1ccc(C)cc1. The molecule has 0 bridgehead atoms. The van der Waals surface area contributed by atoms with Crippen LogP contribution in [0.5, 0.6) is 0 Å². The Kier molecular flexibility index (Phi) is 3.70. The molecule has 1 heterocycles. The molecule has 0 saturated heterocycles. The summed E-state index contributed by atoms with van der Waals surface area (Å²) in [6.07, 6.45) is 4.72. The number of allylic oxidation sites excluding steroid dienone is 2. The average molecular weight is 285 g/mol. The second kappa shape index (κ2) is 5.49. The van der Waals surface area contributed by atoms with Gasteiger partial charge >= 0.3 is 0 Å². The van der Waals surface area contributed by atoms with Gasteiger partial charge in [-0.25, -0.2) is 0 Å². The van der Waals surface area contributed by atoms with Gasteiger partial charge in [0.15, 0.2) is 5.78 Å². The minimum Gasteiger partial charge on any atom is -0.332 e. The third-order valence-electron chi connectivity index (χ3n) is 3.93. The van der Waals surface area contributed by atoms with E-state index in [0.717, 1.165) is 23.4 Å². The van der Waals surface area contributed by atoms with E-state index in [2.05, 4.69) is 11.5 Å². The maximum absolute atomic E-state index is 12.4. The van der Waals surface area contributed by atoms with Crippen LogP contribution in [-0.2, 0) is 0 Å². The predicted octanol–water partition coefficient (Wildman–Crippen LogP) is 4.48. The molecule has 2 nitrogen and oxygen atoms in total. The van der Waals surface area contributed by atoms with Crippen molar-refractivity contribution in [3.63, 3.8) is 0 Å². The Bertz CT molecular complexity index is 586. The van der Waals surface area contributed by atoms with E-state index in [0.29, 0.717) is 6.54 Å². The molecule has 0 atom stereocenters. The lowest BCUT2D eigenvalue weighted by Gasteiger charge is -2.23. The minimum atomic E-state index is 0.172. The number of hydrogen-bond acceptors (Lipinski definition) is 3. The molecular formula is C17H19NOS. The molecule has 2 aliphatic rings. The molecule has 1 aromatic carbocycles. The number of aryl methyl sites for hydroxylation is 1. The van der Waals surface area contributed by atoms with Crippen LogP contribution in [0.15, 0.2) is 46.5 Å². The molecule has 0 radical (unpaired) electrons. The molecule has 0 saturated carbocycles. The molecule has 3 rings (SSSR count). The lowest BCUT2D eigenvalue weighted by Crippen LogP contribution is -2.26. The first kappa shape index (κ1) is 13.5. The topological polar surface area (TPSA) is 20.3 Å². The van der Waals surface area contributed by atoms with Crippen LogP contribution in [0, 0.1) is 6.92 Å². The molecule has 0 N–H and O–H groups in total. The quantitative estimate of drug-likeness (QED) is 0.764. The Labute approximate surface area is 124 Å². The molecule has 0 amide bonds. The van der Waals surface area contributed by atoms with Gasteiger partial charge < -0.3 is 4.90 Å². The van der Waals surface area contributed by atoms with Gasteiger partial charge in [0, 0.05) is 16.2 Å². The third kappa shape index (κ3) is 2.55. The van der Waals surface area contributed by atoms with E-state index in [9.17, 15) is 4.79 Å². The Morgan fingerprint density at radius 1 is 1.25 bits per heavy atom. The first-order chi connectivity index (χ1) is 9.65. The van der Waals surface area contributed by atoms with Gasteiger partial charge in [-0.15, -0.1) is 0 Å². The number of benzene rings is 1. The van der Waals surface area contributed by atoms with Crippen LogP contribution < -0.4 is 0 Å². The van der Waals surface area contributed by atoms with Crippen molar-refractivity contribution in [3.8, 4) is 0 Å². The van der Waals surface area contributed by atoms with Crippen molar-refractivity contribution in [3.05, 3.63) is 57.6 Å². The first-order valence-electron chi connectivity index (χ1n) is 7.11. The minimum absolute atomic E-state index is 0.172. The molecule has 1 aliphatic heterocycles. The van der Waals surface area contributed by atoms with Crippen LogP contribution in [0.25, 0.3) is 0 Å². The number of carbonyl (C=O) groups excluding carboxylic acids is 1. The highest BCUT2D eigenvalue weighted by atomic mass is 32.2. The van der Waals surface area contributed by atoms with Crippen molar-refractivity contribution < 1.29 is 4.79 Å². The summed E-state index contributed by atoms with van der Waals surface area (Å²) in [7, 11) is 0. The zero-order valence-corrected chi connectivity index (χ0v) is 12.6. The fraction of sp³-hybridized carbons (Fsp3) is 0.353. The lowest BCUT2D eigenvalue weighted by atomic mass is 10.0. The summed E-state index contributed by atoms with van der Waals surface area (Å²) >= 11 is 1.76. The van der Waals surface area contributed by atoms with E-state index < -0.39 is 0 Å². The third-order valence-corrected chi connectivity index (χ3v) is 5.07. The predicted molar refractivity (Wildman–Crippen MR) is 84.4 cm³/mol.